The van der Waals surface area contributed by atoms with E-state index < -0.39 is 57.4 Å². The summed E-state index contributed by atoms with van der Waals surface area (Å²) in [4.78, 5) is 25.3. The Morgan fingerprint density at radius 3 is 1.16 bits per heavy atom. The fourth-order valence-corrected chi connectivity index (χ4v) is 22.4. The van der Waals surface area contributed by atoms with Crippen LogP contribution in [0.2, 0.25) is 52.4 Å². The molecule has 0 aliphatic heterocycles. The van der Waals surface area contributed by atoms with Crippen molar-refractivity contribution in [2.24, 2.45) is 0 Å². The molecule has 9 nitrogen and oxygen atoms in total. The van der Waals surface area contributed by atoms with E-state index in [1.54, 1.807) is 0 Å². The summed E-state index contributed by atoms with van der Waals surface area (Å²) in [6, 6.07) is 0. The molecular formula is C24H56N2O7Si4. The van der Waals surface area contributed by atoms with Crippen molar-refractivity contribution in [3.05, 3.63) is 0 Å². The van der Waals surface area contributed by atoms with E-state index in [0.29, 0.717) is 25.9 Å². The highest BCUT2D eigenvalue weighted by Crippen LogP contribution is 2.32. The lowest BCUT2D eigenvalue weighted by Crippen LogP contribution is -2.68. The van der Waals surface area contributed by atoms with Gasteiger partial charge in [0.05, 0.1) is 0 Å². The third-order valence-corrected chi connectivity index (χ3v) is 20.2. The minimum absolute atomic E-state index is 0.463. The lowest BCUT2D eigenvalue weighted by molar-refractivity contribution is 0.0917. The molecule has 0 saturated carbocycles. The van der Waals surface area contributed by atoms with Crippen LogP contribution in [0.25, 0.3) is 0 Å². The number of amides is 2. The molecule has 0 saturated heterocycles. The number of rotatable bonds is 18. The highest BCUT2D eigenvalue weighted by molar-refractivity contribution is 6.90. The molecular weight excluding hydrogens is 541 g/mol. The Balaban J connectivity index is 6.24. The predicted molar refractivity (Wildman–Crippen MR) is 160 cm³/mol. The Bertz CT molecular complexity index is 635. The third kappa shape index (κ3) is 14.9. The molecule has 0 bridgehead atoms. The molecule has 37 heavy (non-hydrogen) atoms. The van der Waals surface area contributed by atoms with Crippen LogP contribution < -0.4 is 10.6 Å². The van der Waals surface area contributed by atoms with Crippen molar-refractivity contribution in [3.8, 4) is 0 Å². The second-order valence-electron chi connectivity index (χ2n) is 11.7. The second-order valence-corrected chi connectivity index (χ2v) is 28.0. The van der Waals surface area contributed by atoms with Gasteiger partial charge in [0, 0.05) is 13.1 Å². The van der Waals surface area contributed by atoms with Crippen LogP contribution in [0.3, 0.4) is 0 Å². The first-order valence-corrected chi connectivity index (χ1v) is 25.5. The molecule has 4 unspecified atom stereocenters. The van der Waals surface area contributed by atoms with Crippen LogP contribution in [-0.4, -0.2) is 70.5 Å². The van der Waals surface area contributed by atoms with E-state index in [1.807, 2.05) is 26.9 Å². The summed E-state index contributed by atoms with van der Waals surface area (Å²) in [5.74, 6) is 0. The maximum absolute atomic E-state index is 12.7. The van der Waals surface area contributed by atoms with Gasteiger partial charge in [-0.15, -0.1) is 0 Å². The number of nitrogens with one attached hydrogen (secondary N) is 2. The summed E-state index contributed by atoms with van der Waals surface area (Å²) in [5, 5.41) is 5.68. The maximum atomic E-state index is 12.7. The van der Waals surface area contributed by atoms with E-state index in [2.05, 4.69) is 63.8 Å². The number of ether oxygens (including phenoxy) is 2. The Kier molecular flexibility index (Phi) is 16.1. The normalized spacial score (nSPS) is 17.2. The fourth-order valence-electron chi connectivity index (χ4n) is 4.12. The molecule has 0 heterocycles. The maximum Gasteiger partial charge on any atom is 0.407 e. The quantitative estimate of drug-likeness (QED) is 0.137. The molecule has 2 amide bonds. The lowest BCUT2D eigenvalue weighted by Gasteiger charge is -2.46. The molecule has 2 N–H and O–H groups in total. The van der Waals surface area contributed by atoms with Crippen molar-refractivity contribution in [3.63, 3.8) is 0 Å². The topological polar surface area (TPSA) is 104 Å². The fraction of sp³-hybridized carbons (Fsp3) is 0.917. The largest absolute Gasteiger partial charge is 0.444 e. The van der Waals surface area contributed by atoms with Gasteiger partial charge in [0.25, 0.3) is 0 Å². The molecule has 0 fully saturated rings. The molecule has 0 aromatic rings. The molecule has 0 aliphatic carbocycles. The summed E-state index contributed by atoms with van der Waals surface area (Å²) < 4.78 is 32.4. The van der Waals surface area contributed by atoms with Gasteiger partial charge in [0.2, 0.25) is 0 Å². The number of carbonyl (C=O) groups excluding carboxylic acids is 2. The SMILES string of the molecule is CCCCNC(=O)OC(CC)[Si](C)(O[Si](C)(C)C)O[Si](C)(O[Si](C)(C)C)C(CC)OC(=O)NCCCC. The number of hydrogen-bond donors (Lipinski definition) is 2. The van der Waals surface area contributed by atoms with Crippen LogP contribution in [0, 0.1) is 0 Å². The van der Waals surface area contributed by atoms with Crippen LogP contribution in [0.1, 0.15) is 66.2 Å². The van der Waals surface area contributed by atoms with Crippen molar-refractivity contribution < 1.29 is 31.4 Å². The van der Waals surface area contributed by atoms with E-state index in [0.717, 1.165) is 25.7 Å². The Labute approximate surface area is 230 Å². The Hall–Kier alpha value is -0.712. The van der Waals surface area contributed by atoms with E-state index in [1.165, 1.54) is 0 Å². The monoisotopic (exact) mass is 596 g/mol. The van der Waals surface area contributed by atoms with Gasteiger partial charge < -0.3 is 32.5 Å². The van der Waals surface area contributed by atoms with Crippen LogP contribution >= 0.6 is 0 Å². The van der Waals surface area contributed by atoms with Gasteiger partial charge in [-0.1, -0.05) is 40.5 Å². The molecule has 0 radical (unpaired) electrons. The minimum atomic E-state index is -3.20. The smallest absolute Gasteiger partial charge is 0.407 e. The van der Waals surface area contributed by atoms with E-state index in [4.69, 9.17) is 21.8 Å². The molecule has 4 atom stereocenters. The highest BCUT2D eigenvalue weighted by Gasteiger charge is 2.56. The number of hydrogen-bond acceptors (Lipinski definition) is 7. The van der Waals surface area contributed by atoms with Crippen molar-refractivity contribution in [1.29, 1.82) is 0 Å². The van der Waals surface area contributed by atoms with Gasteiger partial charge in [-0.05, 0) is 78.1 Å². The van der Waals surface area contributed by atoms with E-state index >= 15 is 0 Å². The molecule has 0 aromatic carbocycles. The number of unbranched alkanes of at least 4 members (excludes halogenated alkanes) is 2. The summed E-state index contributed by atoms with van der Waals surface area (Å²) in [6.45, 7) is 25.7. The zero-order valence-corrected chi connectivity index (χ0v) is 29.7. The van der Waals surface area contributed by atoms with Crippen molar-refractivity contribution >= 4 is 45.9 Å². The zero-order chi connectivity index (χ0) is 28.9. The molecule has 0 spiro atoms. The first-order chi connectivity index (χ1) is 16.9. The average Bonchev–Trinajstić information content (AvgIpc) is 2.73. The molecule has 220 valence electrons. The Morgan fingerprint density at radius 1 is 0.595 bits per heavy atom. The first-order valence-electron chi connectivity index (χ1n) is 13.9. The summed E-state index contributed by atoms with van der Waals surface area (Å²) in [5.41, 5.74) is -1.09. The van der Waals surface area contributed by atoms with Gasteiger partial charge >= 0.3 is 29.3 Å². The van der Waals surface area contributed by atoms with Crippen molar-refractivity contribution in [1.82, 2.24) is 10.6 Å². The van der Waals surface area contributed by atoms with E-state index in [-0.39, 0.29) is 0 Å². The van der Waals surface area contributed by atoms with Crippen LogP contribution in [0.4, 0.5) is 9.59 Å². The standard InChI is InChI=1S/C24H56N2O7Si4/c1-13-17-19-25-23(27)29-21(15-3)36(11,31-34(5,6)7)33-37(12,32-35(8,9)10)22(16-4)30-24(28)26-20-18-14-2/h21-22H,13-20H2,1-12H3,(H,25,27)(H,26,28). The summed E-state index contributed by atoms with van der Waals surface area (Å²) >= 11 is 0. The molecule has 0 aliphatic rings. The van der Waals surface area contributed by atoms with Crippen LogP contribution in [0.15, 0.2) is 0 Å². The van der Waals surface area contributed by atoms with Gasteiger partial charge in [-0.25, -0.2) is 9.59 Å². The molecule has 0 aromatic heterocycles. The van der Waals surface area contributed by atoms with Gasteiger partial charge in [-0.3, -0.25) is 0 Å². The average molecular weight is 597 g/mol. The highest BCUT2D eigenvalue weighted by atomic mass is 28.5. The predicted octanol–water partition coefficient (Wildman–Crippen LogP) is 6.54. The zero-order valence-electron chi connectivity index (χ0n) is 25.7. The van der Waals surface area contributed by atoms with E-state index in [9.17, 15) is 9.59 Å². The minimum Gasteiger partial charge on any atom is -0.444 e. The Morgan fingerprint density at radius 2 is 0.919 bits per heavy atom. The van der Waals surface area contributed by atoms with Crippen molar-refractivity contribution in [2.45, 2.75) is 130 Å². The number of alkyl carbamates (subject to hydrolysis) is 2. The first kappa shape index (κ1) is 36.3. The molecule has 0 rings (SSSR count). The summed E-state index contributed by atoms with van der Waals surface area (Å²) in [6.07, 6.45) is 3.88. The van der Waals surface area contributed by atoms with Gasteiger partial charge in [0.15, 0.2) is 16.6 Å². The molecule has 13 heteroatoms. The second kappa shape index (κ2) is 16.4. The van der Waals surface area contributed by atoms with Gasteiger partial charge in [0.1, 0.15) is 11.5 Å². The van der Waals surface area contributed by atoms with Crippen LogP contribution in [-0.2, 0) is 21.8 Å². The van der Waals surface area contributed by atoms with Gasteiger partial charge in [-0.2, -0.15) is 0 Å². The number of carbonyl (C=O) groups is 2. The van der Waals surface area contributed by atoms with Crippen molar-refractivity contribution in [2.75, 3.05) is 13.1 Å². The summed E-state index contributed by atoms with van der Waals surface area (Å²) in [7, 11) is -10.6. The lowest BCUT2D eigenvalue weighted by atomic mass is 10.3. The third-order valence-electron chi connectivity index (χ3n) is 5.43. The van der Waals surface area contributed by atoms with Crippen LogP contribution in [0.5, 0.6) is 0 Å².